The molecule has 0 fully saturated rings. The van der Waals surface area contributed by atoms with E-state index in [0.29, 0.717) is 17.0 Å². The molecule has 1 aromatic heterocycles. The Hall–Kier alpha value is -1.95. The summed E-state index contributed by atoms with van der Waals surface area (Å²) in [5.41, 5.74) is 2.53. The second-order valence-corrected chi connectivity index (χ2v) is 5.56. The number of methoxy groups -OCH3 is 2. The zero-order valence-electron chi connectivity index (χ0n) is 12.4. The molecule has 0 N–H and O–H groups in total. The number of aliphatic imine (C=N–C) groups is 1. The Morgan fingerprint density at radius 3 is 2.48 bits per heavy atom. The Bertz CT molecular complexity index is 616. The monoisotopic (exact) mass is 307 g/mol. The van der Waals surface area contributed by atoms with Gasteiger partial charge in [-0.2, -0.15) is 11.3 Å². The lowest BCUT2D eigenvalue weighted by Crippen LogP contribution is -2.35. The normalized spacial score (nSPS) is 21.8. The highest BCUT2D eigenvalue weighted by Crippen LogP contribution is 2.40. The summed E-state index contributed by atoms with van der Waals surface area (Å²) in [4.78, 5) is 28.7. The van der Waals surface area contributed by atoms with Crippen molar-refractivity contribution in [1.29, 1.82) is 0 Å². The number of esters is 2. The van der Waals surface area contributed by atoms with Crippen LogP contribution in [-0.4, -0.2) is 31.9 Å². The van der Waals surface area contributed by atoms with Crippen LogP contribution in [0.15, 0.2) is 33.1 Å². The summed E-state index contributed by atoms with van der Waals surface area (Å²) in [6, 6.07) is 1.90. The minimum absolute atomic E-state index is 0.402. The van der Waals surface area contributed by atoms with Crippen molar-refractivity contribution in [3.63, 3.8) is 0 Å². The lowest BCUT2D eigenvalue weighted by molar-refractivity contribution is -0.143. The molecule has 5 nitrogen and oxygen atoms in total. The molecule has 0 aliphatic carbocycles. The molecule has 0 bridgehead atoms. The summed E-state index contributed by atoms with van der Waals surface area (Å²) in [5, 5.41) is 3.84. The van der Waals surface area contributed by atoms with Crippen LogP contribution in [-0.2, 0) is 19.1 Å². The molecule has 21 heavy (non-hydrogen) atoms. The Kier molecular flexibility index (Phi) is 4.57. The fourth-order valence-electron chi connectivity index (χ4n) is 2.66. The first-order valence-electron chi connectivity index (χ1n) is 6.45. The predicted octanol–water partition coefficient (Wildman–Crippen LogP) is 2.54. The molecule has 2 unspecified atom stereocenters. The molecule has 2 rings (SSSR count). The Morgan fingerprint density at radius 1 is 1.24 bits per heavy atom. The minimum Gasteiger partial charge on any atom is -0.468 e. The van der Waals surface area contributed by atoms with E-state index in [4.69, 9.17) is 9.47 Å². The van der Waals surface area contributed by atoms with Crippen molar-refractivity contribution in [3.05, 3.63) is 33.7 Å². The maximum atomic E-state index is 12.2. The highest BCUT2D eigenvalue weighted by Gasteiger charge is 2.42. The van der Waals surface area contributed by atoms with Gasteiger partial charge in [0, 0.05) is 17.3 Å². The van der Waals surface area contributed by atoms with E-state index in [1.54, 1.807) is 13.8 Å². The average Bonchev–Trinajstić information content (AvgIpc) is 2.99. The quantitative estimate of drug-likeness (QED) is 0.805. The van der Waals surface area contributed by atoms with Crippen LogP contribution in [0.2, 0.25) is 0 Å². The maximum absolute atomic E-state index is 12.2. The van der Waals surface area contributed by atoms with Gasteiger partial charge in [-0.15, -0.1) is 0 Å². The highest BCUT2D eigenvalue weighted by atomic mass is 32.1. The van der Waals surface area contributed by atoms with Gasteiger partial charge in [0.15, 0.2) is 0 Å². The molecule has 2 heterocycles. The average molecular weight is 307 g/mol. The zero-order chi connectivity index (χ0) is 15.6. The van der Waals surface area contributed by atoms with Crippen LogP contribution >= 0.6 is 11.3 Å². The van der Waals surface area contributed by atoms with E-state index >= 15 is 0 Å². The summed E-state index contributed by atoms with van der Waals surface area (Å²) in [7, 11) is 2.66. The first-order chi connectivity index (χ1) is 10.0. The number of ether oxygens (including phenoxy) is 2. The standard InChI is InChI=1S/C15H17NO4S/c1-8-11(14(17)19-3)13(10-5-6-21-7-10)12(9(2)16-8)15(18)20-4/h5-7,11,13H,1-4H3. The van der Waals surface area contributed by atoms with E-state index in [1.807, 2.05) is 16.8 Å². The topological polar surface area (TPSA) is 65.0 Å². The van der Waals surface area contributed by atoms with Crippen molar-refractivity contribution in [2.75, 3.05) is 14.2 Å². The van der Waals surface area contributed by atoms with Crippen molar-refractivity contribution >= 4 is 29.0 Å². The number of thiophene rings is 1. The number of allylic oxidation sites excluding steroid dienone is 1. The SMILES string of the molecule is COC(=O)C1=C(C)N=C(C)C(C(=O)OC)C1c1ccsc1. The molecule has 1 aromatic rings. The van der Waals surface area contributed by atoms with Crippen LogP contribution in [0.25, 0.3) is 0 Å². The number of carbonyl (C=O) groups excluding carboxylic acids is 2. The van der Waals surface area contributed by atoms with E-state index in [9.17, 15) is 9.59 Å². The Balaban J connectivity index is 2.61. The van der Waals surface area contributed by atoms with E-state index in [1.165, 1.54) is 25.6 Å². The molecule has 1 aliphatic heterocycles. The van der Waals surface area contributed by atoms with Crippen LogP contribution < -0.4 is 0 Å². The van der Waals surface area contributed by atoms with Crippen molar-refractivity contribution in [3.8, 4) is 0 Å². The Morgan fingerprint density at radius 2 is 1.95 bits per heavy atom. The minimum atomic E-state index is -0.609. The molecule has 112 valence electrons. The van der Waals surface area contributed by atoms with E-state index in [0.717, 1.165) is 5.56 Å². The molecular formula is C15H17NO4S. The van der Waals surface area contributed by atoms with Crippen molar-refractivity contribution < 1.29 is 19.1 Å². The van der Waals surface area contributed by atoms with Gasteiger partial charge in [0.05, 0.1) is 19.8 Å². The van der Waals surface area contributed by atoms with Crippen LogP contribution in [0.3, 0.4) is 0 Å². The summed E-state index contributed by atoms with van der Waals surface area (Å²) in [6.07, 6.45) is 0. The number of nitrogens with zero attached hydrogens (tertiary/aromatic N) is 1. The van der Waals surface area contributed by atoms with E-state index in [2.05, 4.69) is 4.99 Å². The summed E-state index contributed by atoms with van der Waals surface area (Å²) in [6.45, 7) is 3.53. The van der Waals surface area contributed by atoms with Gasteiger partial charge in [0.25, 0.3) is 0 Å². The molecule has 0 amide bonds. The van der Waals surface area contributed by atoms with Gasteiger partial charge in [-0.05, 0) is 36.2 Å². The molecule has 0 saturated heterocycles. The van der Waals surface area contributed by atoms with Gasteiger partial charge >= 0.3 is 11.9 Å². The van der Waals surface area contributed by atoms with Crippen LogP contribution in [0, 0.1) is 5.92 Å². The zero-order valence-corrected chi connectivity index (χ0v) is 13.2. The van der Waals surface area contributed by atoms with E-state index < -0.39 is 23.8 Å². The first-order valence-corrected chi connectivity index (χ1v) is 7.39. The van der Waals surface area contributed by atoms with Gasteiger partial charge in [0.2, 0.25) is 0 Å². The number of rotatable bonds is 3. The largest absolute Gasteiger partial charge is 0.468 e. The lowest BCUT2D eigenvalue weighted by Gasteiger charge is -2.30. The predicted molar refractivity (Wildman–Crippen MR) is 80.4 cm³/mol. The summed E-state index contributed by atoms with van der Waals surface area (Å²) >= 11 is 1.51. The smallest absolute Gasteiger partial charge is 0.336 e. The molecule has 0 aromatic carbocycles. The molecule has 0 spiro atoms. The van der Waals surface area contributed by atoms with Gasteiger partial charge in [-0.3, -0.25) is 9.79 Å². The molecule has 0 radical (unpaired) electrons. The third-order valence-corrected chi connectivity index (χ3v) is 4.29. The Labute approximate surface area is 127 Å². The van der Waals surface area contributed by atoms with Gasteiger partial charge in [0.1, 0.15) is 5.92 Å². The van der Waals surface area contributed by atoms with Crippen molar-refractivity contribution in [2.45, 2.75) is 19.8 Å². The number of hydrogen-bond donors (Lipinski definition) is 0. The highest BCUT2D eigenvalue weighted by molar-refractivity contribution is 7.08. The molecule has 0 saturated carbocycles. The van der Waals surface area contributed by atoms with Gasteiger partial charge in [-0.1, -0.05) is 0 Å². The third-order valence-electron chi connectivity index (χ3n) is 3.59. The second kappa shape index (κ2) is 6.22. The maximum Gasteiger partial charge on any atom is 0.336 e. The lowest BCUT2D eigenvalue weighted by atomic mass is 9.76. The molecule has 6 heteroatoms. The van der Waals surface area contributed by atoms with Crippen LogP contribution in [0.5, 0.6) is 0 Å². The third kappa shape index (κ3) is 2.76. The second-order valence-electron chi connectivity index (χ2n) is 4.78. The van der Waals surface area contributed by atoms with Crippen LogP contribution in [0.4, 0.5) is 0 Å². The fraction of sp³-hybridized carbons (Fsp3) is 0.400. The number of hydrogen-bond acceptors (Lipinski definition) is 6. The van der Waals surface area contributed by atoms with Gasteiger partial charge in [-0.25, -0.2) is 4.79 Å². The first kappa shape index (κ1) is 15.4. The fourth-order valence-corrected chi connectivity index (χ4v) is 3.35. The summed E-state index contributed by atoms with van der Waals surface area (Å²) in [5.74, 6) is -1.90. The van der Waals surface area contributed by atoms with Crippen molar-refractivity contribution in [1.82, 2.24) is 0 Å². The molecule has 1 aliphatic rings. The molecule has 2 atom stereocenters. The summed E-state index contributed by atoms with van der Waals surface area (Å²) < 4.78 is 9.76. The van der Waals surface area contributed by atoms with Crippen molar-refractivity contribution in [2.24, 2.45) is 10.9 Å². The van der Waals surface area contributed by atoms with Crippen LogP contribution in [0.1, 0.15) is 25.3 Å². The van der Waals surface area contributed by atoms with Gasteiger partial charge < -0.3 is 9.47 Å². The number of carbonyl (C=O) groups is 2. The van der Waals surface area contributed by atoms with E-state index in [-0.39, 0.29) is 0 Å². The molecular weight excluding hydrogens is 290 g/mol.